The predicted octanol–water partition coefficient (Wildman–Crippen LogP) is 0.747. The smallest absolute Gasteiger partial charge is 0.234 e. The fourth-order valence-electron chi connectivity index (χ4n) is 0.988. The molecule has 0 aliphatic rings. The maximum absolute atomic E-state index is 11.4. The summed E-state index contributed by atoms with van der Waals surface area (Å²) in [5.74, 6) is 0.0276. The Balaban J connectivity index is 3.66. The van der Waals surface area contributed by atoms with Crippen molar-refractivity contribution in [3.63, 3.8) is 0 Å². The van der Waals surface area contributed by atoms with Crippen LogP contribution < -0.4 is 5.32 Å². The van der Waals surface area contributed by atoms with E-state index in [1.165, 1.54) is 0 Å². The van der Waals surface area contributed by atoms with Crippen LogP contribution in [0.1, 0.15) is 26.7 Å². The summed E-state index contributed by atoms with van der Waals surface area (Å²) in [5, 5.41) is 11.2. The second-order valence-electron chi connectivity index (χ2n) is 3.52. The maximum atomic E-state index is 11.4. The summed E-state index contributed by atoms with van der Waals surface area (Å²) in [6.07, 6.45) is 1.40. The molecule has 1 amide bonds. The fraction of sp³-hybridized carbons (Fsp3) is 0.800. The van der Waals surface area contributed by atoms with Crippen LogP contribution in [-0.4, -0.2) is 37.0 Å². The Hall–Kier alpha value is -1.08. The minimum Gasteiger partial charge on any atom is -0.353 e. The number of carbonyl (C=O) groups excluding carboxylic acids is 1. The molecule has 0 aliphatic carbocycles. The van der Waals surface area contributed by atoms with Crippen LogP contribution in [0.2, 0.25) is 0 Å². The molecular weight excluding hydrogens is 178 g/mol. The lowest BCUT2D eigenvalue weighted by Gasteiger charge is -2.16. The molecule has 1 N–H and O–H groups in total. The first-order chi connectivity index (χ1) is 6.60. The number of hydrogen-bond donors (Lipinski definition) is 1. The summed E-state index contributed by atoms with van der Waals surface area (Å²) >= 11 is 0. The largest absolute Gasteiger partial charge is 0.353 e. The van der Waals surface area contributed by atoms with E-state index in [9.17, 15) is 4.79 Å². The molecule has 80 valence electrons. The Bertz CT molecular complexity index is 210. The molecule has 0 aromatic rings. The summed E-state index contributed by atoms with van der Waals surface area (Å²) in [6, 6.07) is 2.28. The zero-order chi connectivity index (χ0) is 11.0. The van der Waals surface area contributed by atoms with E-state index in [1.807, 2.05) is 25.8 Å². The second kappa shape index (κ2) is 7.34. The molecule has 4 nitrogen and oxygen atoms in total. The maximum Gasteiger partial charge on any atom is 0.234 e. The average molecular weight is 197 g/mol. The number of rotatable bonds is 6. The van der Waals surface area contributed by atoms with Crippen LogP contribution in [0.4, 0.5) is 0 Å². The Labute approximate surface area is 85.9 Å². The molecule has 0 fully saturated rings. The van der Waals surface area contributed by atoms with E-state index in [1.54, 1.807) is 0 Å². The number of likely N-dealkylation sites (N-methyl/N-ethyl adjacent to an activating group) is 1. The third kappa shape index (κ3) is 6.44. The summed E-state index contributed by atoms with van der Waals surface area (Å²) in [7, 11) is 1.84. The third-order valence-corrected chi connectivity index (χ3v) is 2.04. The Kier molecular flexibility index (Phi) is 6.77. The van der Waals surface area contributed by atoms with Crippen molar-refractivity contribution in [1.82, 2.24) is 10.2 Å². The van der Waals surface area contributed by atoms with Crippen molar-refractivity contribution < 1.29 is 4.79 Å². The van der Waals surface area contributed by atoms with Crippen LogP contribution in [-0.2, 0) is 4.79 Å². The van der Waals surface area contributed by atoms with Crippen LogP contribution >= 0.6 is 0 Å². The molecule has 0 aliphatic heterocycles. The van der Waals surface area contributed by atoms with Crippen LogP contribution in [0, 0.1) is 11.3 Å². The zero-order valence-electron chi connectivity index (χ0n) is 9.21. The highest BCUT2D eigenvalue weighted by molar-refractivity contribution is 5.78. The van der Waals surface area contributed by atoms with Crippen molar-refractivity contribution in [3.05, 3.63) is 0 Å². The van der Waals surface area contributed by atoms with E-state index in [0.29, 0.717) is 19.5 Å². The van der Waals surface area contributed by atoms with E-state index in [2.05, 4.69) is 11.4 Å². The van der Waals surface area contributed by atoms with Gasteiger partial charge in [-0.15, -0.1) is 0 Å². The highest BCUT2D eigenvalue weighted by Crippen LogP contribution is 1.90. The standard InChI is InChI=1S/C10H19N3O/c1-4-9(2)12-10(14)8-13(3)7-5-6-11/h9H,4-5,7-8H2,1-3H3,(H,12,14). The van der Waals surface area contributed by atoms with Crippen molar-refractivity contribution >= 4 is 5.91 Å². The Morgan fingerprint density at radius 3 is 2.79 bits per heavy atom. The molecule has 0 radical (unpaired) electrons. The van der Waals surface area contributed by atoms with Gasteiger partial charge in [-0.3, -0.25) is 9.69 Å². The lowest BCUT2D eigenvalue weighted by molar-refractivity contribution is -0.122. The van der Waals surface area contributed by atoms with E-state index >= 15 is 0 Å². The molecule has 4 heteroatoms. The first-order valence-corrected chi connectivity index (χ1v) is 4.95. The summed E-state index contributed by atoms with van der Waals surface area (Å²) in [5.41, 5.74) is 0. The summed E-state index contributed by atoms with van der Waals surface area (Å²) < 4.78 is 0. The van der Waals surface area contributed by atoms with Gasteiger partial charge in [0.2, 0.25) is 5.91 Å². The van der Waals surface area contributed by atoms with Crippen molar-refractivity contribution in [3.8, 4) is 6.07 Å². The van der Waals surface area contributed by atoms with Gasteiger partial charge in [0.05, 0.1) is 12.6 Å². The number of carbonyl (C=O) groups is 1. The van der Waals surface area contributed by atoms with Crippen molar-refractivity contribution in [2.75, 3.05) is 20.1 Å². The van der Waals surface area contributed by atoms with Crippen LogP contribution in [0.3, 0.4) is 0 Å². The van der Waals surface area contributed by atoms with E-state index in [4.69, 9.17) is 5.26 Å². The fourth-order valence-corrected chi connectivity index (χ4v) is 0.988. The molecule has 0 spiro atoms. The number of nitrogens with zero attached hydrogens (tertiary/aromatic N) is 2. The van der Waals surface area contributed by atoms with Gasteiger partial charge >= 0.3 is 0 Å². The van der Waals surface area contributed by atoms with E-state index in [0.717, 1.165) is 6.42 Å². The van der Waals surface area contributed by atoms with Gasteiger partial charge in [-0.25, -0.2) is 0 Å². The molecule has 0 rings (SSSR count). The number of amides is 1. The summed E-state index contributed by atoms with van der Waals surface area (Å²) in [4.78, 5) is 13.2. The van der Waals surface area contributed by atoms with Crippen LogP contribution in [0.5, 0.6) is 0 Å². The molecule has 0 aromatic heterocycles. The molecule has 0 saturated carbocycles. The van der Waals surface area contributed by atoms with Crippen LogP contribution in [0.25, 0.3) is 0 Å². The lowest BCUT2D eigenvalue weighted by Crippen LogP contribution is -2.39. The Morgan fingerprint density at radius 1 is 1.64 bits per heavy atom. The first kappa shape index (κ1) is 12.9. The van der Waals surface area contributed by atoms with E-state index < -0.39 is 0 Å². The minimum atomic E-state index is 0.0276. The third-order valence-electron chi connectivity index (χ3n) is 2.04. The summed E-state index contributed by atoms with van der Waals surface area (Å²) in [6.45, 7) is 5.02. The van der Waals surface area contributed by atoms with E-state index in [-0.39, 0.29) is 11.9 Å². The van der Waals surface area contributed by atoms with Gasteiger partial charge < -0.3 is 5.32 Å². The van der Waals surface area contributed by atoms with Crippen molar-refractivity contribution in [2.45, 2.75) is 32.7 Å². The van der Waals surface area contributed by atoms with Gasteiger partial charge in [0.25, 0.3) is 0 Å². The second-order valence-corrected chi connectivity index (χ2v) is 3.52. The number of hydrogen-bond acceptors (Lipinski definition) is 3. The number of nitriles is 1. The van der Waals surface area contributed by atoms with Gasteiger partial charge in [-0.05, 0) is 20.4 Å². The predicted molar refractivity (Wildman–Crippen MR) is 55.6 cm³/mol. The van der Waals surface area contributed by atoms with Gasteiger partial charge in [-0.2, -0.15) is 5.26 Å². The topological polar surface area (TPSA) is 56.1 Å². The van der Waals surface area contributed by atoms with Crippen molar-refractivity contribution in [2.24, 2.45) is 0 Å². The Morgan fingerprint density at radius 2 is 2.29 bits per heavy atom. The molecule has 0 heterocycles. The first-order valence-electron chi connectivity index (χ1n) is 4.95. The van der Waals surface area contributed by atoms with Gasteiger partial charge in [0, 0.05) is 19.0 Å². The van der Waals surface area contributed by atoms with Gasteiger partial charge in [-0.1, -0.05) is 6.92 Å². The molecule has 0 bridgehead atoms. The quantitative estimate of drug-likeness (QED) is 0.683. The zero-order valence-corrected chi connectivity index (χ0v) is 9.21. The molecule has 14 heavy (non-hydrogen) atoms. The number of nitrogens with one attached hydrogen (secondary N) is 1. The molecule has 1 unspecified atom stereocenters. The SMILES string of the molecule is CCC(C)NC(=O)CN(C)CCC#N. The molecule has 0 saturated heterocycles. The van der Waals surface area contributed by atoms with Crippen LogP contribution in [0.15, 0.2) is 0 Å². The average Bonchev–Trinajstić information content (AvgIpc) is 2.14. The molecule has 1 atom stereocenters. The highest BCUT2D eigenvalue weighted by atomic mass is 16.2. The minimum absolute atomic E-state index is 0.0276. The highest BCUT2D eigenvalue weighted by Gasteiger charge is 2.07. The normalized spacial score (nSPS) is 12.2. The monoisotopic (exact) mass is 197 g/mol. The molecule has 0 aromatic carbocycles. The lowest BCUT2D eigenvalue weighted by atomic mass is 10.2. The molecular formula is C10H19N3O. The van der Waals surface area contributed by atoms with Crippen molar-refractivity contribution in [1.29, 1.82) is 5.26 Å². The van der Waals surface area contributed by atoms with Gasteiger partial charge in [0.1, 0.15) is 0 Å². The van der Waals surface area contributed by atoms with Gasteiger partial charge in [0.15, 0.2) is 0 Å².